The van der Waals surface area contributed by atoms with Gasteiger partial charge in [-0.25, -0.2) is 0 Å². The lowest BCUT2D eigenvalue weighted by Crippen LogP contribution is -2.59. The summed E-state index contributed by atoms with van der Waals surface area (Å²) in [6, 6.07) is -0.0617. The molecule has 0 bridgehead atoms. The van der Waals surface area contributed by atoms with E-state index in [9.17, 15) is 46.8 Å². The van der Waals surface area contributed by atoms with Gasteiger partial charge in [0.2, 0.25) is 0 Å². The van der Waals surface area contributed by atoms with Gasteiger partial charge in [0.25, 0.3) is 5.69 Å². The van der Waals surface area contributed by atoms with Gasteiger partial charge in [0, 0.05) is 6.07 Å². The third kappa shape index (κ3) is 2.18. The molecule has 0 aromatic heterocycles. The quantitative estimate of drug-likeness (QED) is 0.465. The first-order valence-corrected chi connectivity index (χ1v) is 5.23. The Morgan fingerprint density at radius 3 is 2.18 bits per heavy atom. The molecular weight excluding hydrogens is 328 g/mol. The van der Waals surface area contributed by atoms with Crippen LogP contribution < -0.4 is 10.4 Å². The number of fused-ring (bicyclic) bond motifs is 1. The van der Waals surface area contributed by atoms with Crippen molar-refractivity contribution in [2.75, 3.05) is 10.4 Å². The Hall–Kier alpha value is -2.28. The maximum atomic E-state index is 12.7. The molecule has 13 heteroatoms. The zero-order chi connectivity index (χ0) is 17.1. The van der Waals surface area contributed by atoms with E-state index in [4.69, 9.17) is 0 Å². The van der Waals surface area contributed by atoms with E-state index in [0.29, 0.717) is 0 Å². The Labute approximate surface area is 116 Å². The summed E-state index contributed by atoms with van der Waals surface area (Å²) in [6.45, 7) is 0. The van der Waals surface area contributed by atoms with Gasteiger partial charge in [0.05, 0.1) is 16.2 Å². The standard InChI is InChI=1S/C9H4F6N3O4/c10-7(11,12)3-1-4-6(5(2-3)18(21)22)16-9(19,17(4)20)8(13,14)15/h1-2,16,19H/q-1. The van der Waals surface area contributed by atoms with Crippen LogP contribution in [0.5, 0.6) is 0 Å². The van der Waals surface area contributed by atoms with Crippen LogP contribution in [0.1, 0.15) is 5.56 Å². The number of alkyl halides is 6. The zero-order valence-electron chi connectivity index (χ0n) is 9.99. The van der Waals surface area contributed by atoms with E-state index in [1.807, 2.05) is 0 Å². The highest BCUT2D eigenvalue weighted by Crippen LogP contribution is 2.51. The average molecular weight is 332 g/mol. The first-order chi connectivity index (χ1) is 9.79. The van der Waals surface area contributed by atoms with E-state index in [-0.39, 0.29) is 12.1 Å². The number of hydrogen-bond acceptors (Lipinski definition) is 6. The van der Waals surface area contributed by atoms with Gasteiger partial charge in [-0.15, -0.1) is 0 Å². The summed E-state index contributed by atoms with van der Waals surface area (Å²) >= 11 is 0. The minimum atomic E-state index is -5.62. The van der Waals surface area contributed by atoms with Gasteiger partial charge in [-0.1, -0.05) is 0 Å². The average Bonchev–Trinajstić information content (AvgIpc) is 2.60. The van der Waals surface area contributed by atoms with Crippen molar-refractivity contribution in [3.63, 3.8) is 0 Å². The number of aliphatic hydroxyl groups is 1. The minimum Gasteiger partial charge on any atom is -0.755 e. The molecule has 2 N–H and O–H groups in total. The van der Waals surface area contributed by atoms with Crippen molar-refractivity contribution >= 4 is 17.1 Å². The number of nitro benzene ring substituents is 1. The van der Waals surface area contributed by atoms with Crippen LogP contribution in [0.25, 0.3) is 0 Å². The normalized spacial score (nSPS) is 21.5. The van der Waals surface area contributed by atoms with Gasteiger partial charge in [-0.2, -0.15) is 26.3 Å². The fourth-order valence-electron chi connectivity index (χ4n) is 1.79. The van der Waals surface area contributed by atoms with Crippen LogP contribution >= 0.6 is 0 Å². The minimum absolute atomic E-state index is 0.0218. The fourth-order valence-corrected chi connectivity index (χ4v) is 1.79. The van der Waals surface area contributed by atoms with Crippen molar-refractivity contribution in [2.24, 2.45) is 0 Å². The second-order valence-corrected chi connectivity index (χ2v) is 4.23. The molecule has 0 fully saturated rings. The number of rotatable bonds is 1. The number of nitrogens with one attached hydrogen (secondary N) is 1. The SMILES string of the molecule is O=[N+]([O-])c1cc(C(F)(F)F)cc2c1NC(O)(C(F)(F)F)N2[O-]. The molecule has 0 radical (unpaired) electrons. The van der Waals surface area contributed by atoms with E-state index >= 15 is 0 Å². The maximum absolute atomic E-state index is 12.7. The second kappa shape index (κ2) is 4.36. The van der Waals surface area contributed by atoms with Gasteiger partial charge < -0.3 is 20.7 Å². The molecule has 1 aromatic rings. The third-order valence-electron chi connectivity index (χ3n) is 2.83. The molecule has 7 nitrogen and oxygen atoms in total. The molecule has 1 aromatic carbocycles. The van der Waals surface area contributed by atoms with Crippen LogP contribution in [0.3, 0.4) is 0 Å². The van der Waals surface area contributed by atoms with Crippen LogP contribution in [0.4, 0.5) is 43.4 Å². The smallest absolute Gasteiger partial charge is 0.457 e. The summed E-state index contributed by atoms with van der Waals surface area (Å²) in [6.07, 6.45) is -10.8. The Bertz CT molecular complexity index is 645. The first-order valence-electron chi connectivity index (χ1n) is 5.23. The Morgan fingerprint density at radius 1 is 1.23 bits per heavy atom. The Kier molecular flexibility index (Phi) is 3.19. The predicted molar refractivity (Wildman–Crippen MR) is 58.6 cm³/mol. The maximum Gasteiger partial charge on any atom is 0.457 e. The van der Waals surface area contributed by atoms with Crippen LogP contribution in [0, 0.1) is 15.3 Å². The van der Waals surface area contributed by atoms with E-state index in [0.717, 1.165) is 5.32 Å². The lowest BCUT2D eigenvalue weighted by Gasteiger charge is -2.40. The lowest BCUT2D eigenvalue weighted by molar-refractivity contribution is -0.384. The molecule has 1 aliphatic rings. The Morgan fingerprint density at radius 2 is 1.77 bits per heavy atom. The van der Waals surface area contributed by atoms with Crippen LogP contribution in [0.2, 0.25) is 0 Å². The van der Waals surface area contributed by atoms with Gasteiger partial charge >= 0.3 is 18.2 Å². The summed E-state index contributed by atoms with van der Waals surface area (Å²) in [5.41, 5.74) is -5.63. The number of benzene rings is 1. The molecule has 0 saturated carbocycles. The van der Waals surface area contributed by atoms with Crippen molar-refractivity contribution in [2.45, 2.75) is 18.2 Å². The molecule has 2 rings (SSSR count). The van der Waals surface area contributed by atoms with Crippen LogP contribution in [-0.2, 0) is 6.18 Å². The lowest BCUT2D eigenvalue weighted by atomic mass is 10.1. The third-order valence-corrected chi connectivity index (χ3v) is 2.83. The van der Waals surface area contributed by atoms with Crippen molar-refractivity contribution in [3.05, 3.63) is 33.0 Å². The van der Waals surface area contributed by atoms with Crippen LogP contribution in [-0.4, -0.2) is 22.1 Å². The molecule has 1 aliphatic heterocycles. The zero-order valence-corrected chi connectivity index (χ0v) is 9.99. The van der Waals surface area contributed by atoms with Crippen molar-refractivity contribution in [1.82, 2.24) is 0 Å². The summed E-state index contributed by atoms with van der Waals surface area (Å²) in [7, 11) is 0. The molecule has 1 heterocycles. The summed E-state index contributed by atoms with van der Waals surface area (Å²) < 4.78 is 75.9. The number of hydroxylamine groups is 1. The van der Waals surface area contributed by atoms with Crippen molar-refractivity contribution in [3.8, 4) is 0 Å². The number of anilines is 2. The predicted octanol–water partition coefficient (Wildman–Crippen LogP) is 2.55. The van der Waals surface area contributed by atoms with Gasteiger partial charge in [-0.05, 0) is 6.07 Å². The fraction of sp³-hybridized carbons (Fsp3) is 0.333. The van der Waals surface area contributed by atoms with E-state index in [1.165, 1.54) is 0 Å². The Balaban J connectivity index is 2.70. The molecule has 22 heavy (non-hydrogen) atoms. The van der Waals surface area contributed by atoms with Crippen LogP contribution in [0.15, 0.2) is 12.1 Å². The highest BCUT2D eigenvalue weighted by molar-refractivity contribution is 5.86. The summed E-state index contributed by atoms with van der Waals surface area (Å²) in [5, 5.41) is 31.5. The first kappa shape index (κ1) is 16.1. The number of nitro groups is 1. The molecule has 0 aliphatic carbocycles. The molecule has 1 atom stereocenters. The monoisotopic (exact) mass is 332 g/mol. The highest BCUT2D eigenvalue weighted by atomic mass is 19.4. The molecule has 1 unspecified atom stereocenters. The molecule has 0 spiro atoms. The van der Waals surface area contributed by atoms with Gasteiger partial charge in [0.1, 0.15) is 5.69 Å². The van der Waals surface area contributed by atoms with Crippen molar-refractivity contribution < 1.29 is 36.4 Å². The molecular formula is C9H4F6N3O4-. The largest absolute Gasteiger partial charge is 0.755 e. The summed E-state index contributed by atoms with van der Waals surface area (Å²) in [5.74, 6) is -4.30. The van der Waals surface area contributed by atoms with Gasteiger partial charge in [0.15, 0.2) is 0 Å². The number of hydrogen-bond donors (Lipinski definition) is 2. The van der Waals surface area contributed by atoms with E-state index < -0.39 is 50.8 Å². The van der Waals surface area contributed by atoms with E-state index in [1.54, 1.807) is 0 Å². The van der Waals surface area contributed by atoms with E-state index in [2.05, 4.69) is 0 Å². The second-order valence-electron chi connectivity index (χ2n) is 4.23. The number of halogens is 6. The van der Waals surface area contributed by atoms with Crippen molar-refractivity contribution in [1.29, 1.82) is 0 Å². The highest BCUT2D eigenvalue weighted by Gasteiger charge is 2.60. The summed E-state index contributed by atoms with van der Waals surface area (Å²) in [4.78, 5) is 9.32. The molecule has 122 valence electrons. The van der Waals surface area contributed by atoms with Gasteiger partial charge in [-0.3, -0.25) is 10.1 Å². The number of nitrogens with zero attached hydrogens (tertiary/aromatic N) is 2. The molecule has 0 saturated heterocycles. The molecule has 0 amide bonds. The topological polar surface area (TPSA) is 102 Å².